The van der Waals surface area contributed by atoms with Crippen LogP contribution in [-0.4, -0.2) is 30.4 Å². The zero-order chi connectivity index (χ0) is 11.5. The predicted octanol–water partition coefficient (Wildman–Crippen LogP) is -0.715. The Labute approximate surface area is 94.5 Å². The smallest absolute Gasteiger partial charge is 0.227 e. The first-order chi connectivity index (χ1) is 7.65. The second-order valence-electron chi connectivity index (χ2n) is 4.44. The maximum absolute atomic E-state index is 11.7. The van der Waals surface area contributed by atoms with E-state index in [0.717, 1.165) is 6.42 Å². The van der Waals surface area contributed by atoms with Gasteiger partial charge in [-0.2, -0.15) is 0 Å². The minimum absolute atomic E-state index is 0.00179. The molecular weight excluding hydrogens is 206 g/mol. The summed E-state index contributed by atoms with van der Waals surface area (Å²) in [6.45, 7) is 0.518. The van der Waals surface area contributed by atoms with Crippen LogP contribution >= 0.6 is 0 Å². The van der Waals surface area contributed by atoms with E-state index in [2.05, 4.69) is 10.6 Å². The molecule has 1 aliphatic carbocycles. The molecule has 0 saturated carbocycles. The number of carbonyl (C=O) groups excluding carboxylic acids is 2. The van der Waals surface area contributed by atoms with E-state index in [0.29, 0.717) is 19.4 Å². The van der Waals surface area contributed by atoms with Gasteiger partial charge in [0.15, 0.2) is 0 Å². The molecule has 0 radical (unpaired) electrons. The molecule has 1 saturated heterocycles. The highest BCUT2D eigenvalue weighted by atomic mass is 16.2. The van der Waals surface area contributed by atoms with Crippen LogP contribution in [0.15, 0.2) is 12.2 Å². The molecule has 1 fully saturated rings. The second kappa shape index (κ2) is 4.65. The fraction of sp³-hybridized carbons (Fsp3) is 0.636. The van der Waals surface area contributed by atoms with Gasteiger partial charge in [0.1, 0.15) is 0 Å². The van der Waals surface area contributed by atoms with Crippen LogP contribution in [0, 0.1) is 5.92 Å². The molecule has 2 aliphatic rings. The summed E-state index contributed by atoms with van der Waals surface area (Å²) >= 11 is 0. The standard InChI is InChI=1S/C11H17N3O2/c12-8-2-1-7(5-8)11(16)13-6-9-3-4-10(15)14-9/h1-2,7-9H,3-6,12H2,(H,13,16)(H,14,15). The predicted molar refractivity (Wildman–Crippen MR) is 59.4 cm³/mol. The Kier molecular flexibility index (Phi) is 3.24. The lowest BCUT2D eigenvalue weighted by molar-refractivity contribution is -0.124. The minimum atomic E-state index is -0.105. The summed E-state index contributed by atoms with van der Waals surface area (Å²) in [6.07, 6.45) is 5.77. The van der Waals surface area contributed by atoms with Crippen molar-refractivity contribution in [1.82, 2.24) is 10.6 Å². The van der Waals surface area contributed by atoms with Gasteiger partial charge in [-0.15, -0.1) is 0 Å². The van der Waals surface area contributed by atoms with E-state index in [9.17, 15) is 9.59 Å². The van der Waals surface area contributed by atoms with Crippen LogP contribution in [0.3, 0.4) is 0 Å². The summed E-state index contributed by atoms with van der Waals surface area (Å²) < 4.78 is 0. The lowest BCUT2D eigenvalue weighted by Gasteiger charge is -2.14. The number of nitrogens with two attached hydrogens (primary N) is 1. The Hall–Kier alpha value is -1.36. The Bertz CT molecular complexity index is 327. The lowest BCUT2D eigenvalue weighted by Crippen LogP contribution is -2.40. The molecule has 3 atom stereocenters. The van der Waals surface area contributed by atoms with E-state index in [4.69, 9.17) is 5.73 Å². The third kappa shape index (κ3) is 2.61. The number of carbonyl (C=O) groups is 2. The molecule has 1 heterocycles. The quantitative estimate of drug-likeness (QED) is 0.552. The topological polar surface area (TPSA) is 84.2 Å². The van der Waals surface area contributed by atoms with Gasteiger partial charge in [0.05, 0.1) is 5.92 Å². The first-order valence-electron chi connectivity index (χ1n) is 5.66. The third-order valence-electron chi connectivity index (χ3n) is 3.06. The molecule has 2 rings (SSSR count). The summed E-state index contributed by atoms with van der Waals surface area (Å²) in [6, 6.07) is 0.0949. The zero-order valence-corrected chi connectivity index (χ0v) is 9.11. The SMILES string of the molecule is NC1C=CC(C(=O)NCC2CCC(=O)N2)C1. The summed E-state index contributed by atoms with van der Waals surface area (Å²) in [5, 5.41) is 5.66. The molecule has 0 aromatic carbocycles. The van der Waals surface area contributed by atoms with Gasteiger partial charge >= 0.3 is 0 Å². The van der Waals surface area contributed by atoms with Gasteiger partial charge in [0.2, 0.25) is 11.8 Å². The number of hydrogen-bond donors (Lipinski definition) is 3. The fourth-order valence-corrected chi connectivity index (χ4v) is 2.11. The Morgan fingerprint density at radius 3 is 2.94 bits per heavy atom. The molecule has 3 unspecified atom stereocenters. The van der Waals surface area contributed by atoms with Crippen LogP contribution in [0.2, 0.25) is 0 Å². The van der Waals surface area contributed by atoms with Crippen molar-refractivity contribution in [3.8, 4) is 0 Å². The Balaban J connectivity index is 1.72. The van der Waals surface area contributed by atoms with Gasteiger partial charge in [-0.1, -0.05) is 12.2 Å². The second-order valence-corrected chi connectivity index (χ2v) is 4.44. The summed E-state index contributed by atoms with van der Waals surface area (Å²) in [4.78, 5) is 22.6. The van der Waals surface area contributed by atoms with Crippen molar-refractivity contribution in [3.05, 3.63) is 12.2 Å². The number of amides is 2. The van der Waals surface area contributed by atoms with Crippen molar-refractivity contribution in [2.75, 3.05) is 6.54 Å². The van der Waals surface area contributed by atoms with Gasteiger partial charge in [0.25, 0.3) is 0 Å². The molecule has 88 valence electrons. The van der Waals surface area contributed by atoms with Crippen molar-refractivity contribution in [2.45, 2.75) is 31.3 Å². The van der Waals surface area contributed by atoms with E-state index >= 15 is 0 Å². The average Bonchev–Trinajstić information content (AvgIpc) is 2.84. The molecule has 5 heteroatoms. The molecule has 1 aliphatic heterocycles. The van der Waals surface area contributed by atoms with Crippen molar-refractivity contribution in [1.29, 1.82) is 0 Å². The van der Waals surface area contributed by atoms with E-state index in [-0.39, 0.29) is 29.8 Å². The highest BCUT2D eigenvalue weighted by Crippen LogP contribution is 2.16. The highest BCUT2D eigenvalue weighted by Gasteiger charge is 2.25. The number of nitrogens with one attached hydrogen (secondary N) is 2. The fourth-order valence-electron chi connectivity index (χ4n) is 2.11. The van der Waals surface area contributed by atoms with Crippen LogP contribution in [-0.2, 0) is 9.59 Å². The summed E-state index contributed by atoms with van der Waals surface area (Å²) in [5.41, 5.74) is 5.68. The average molecular weight is 223 g/mol. The van der Waals surface area contributed by atoms with Gasteiger partial charge < -0.3 is 16.4 Å². The maximum atomic E-state index is 11.7. The maximum Gasteiger partial charge on any atom is 0.227 e. The molecule has 0 aromatic heterocycles. The van der Waals surface area contributed by atoms with Crippen molar-refractivity contribution in [2.24, 2.45) is 11.7 Å². The first-order valence-corrected chi connectivity index (χ1v) is 5.66. The van der Waals surface area contributed by atoms with Gasteiger partial charge in [-0.3, -0.25) is 9.59 Å². The first kappa shape index (κ1) is 11.1. The molecular formula is C11H17N3O2. The number of hydrogen-bond acceptors (Lipinski definition) is 3. The molecule has 5 nitrogen and oxygen atoms in total. The molecule has 4 N–H and O–H groups in total. The molecule has 0 bridgehead atoms. The van der Waals surface area contributed by atoms with Crippen molar-refractivity contribution in [3.63, 3.8) is 0 Å². The minimum Gasteiger partial charge on any atom is -0.354 e. The van der Waals surface area contributed by atoms with E-state index in [1.54, 1.807) is 0 Å². The largest absolute Gasteiger partial charge is 0.354 e. The summed E-state index contributed by atoms with van der Waals surface area (Å²) in [5.74, 6) is -0.0283. The van der Waals surface area contributed by atoms with Gasteiger partial charge in [-0.25, -0.2) is 0 Å². The van der Waals surface area contributed by atoms with Crippen LogP contribution in [0.25, 0.3) is 0 Å². The molecule has 0 aromatic rings. The monoisotopic (exact) mass is 223 g/mol. The van der Waals surface area contributed by atoms with Crippen LogP contribution in [0.4, 0.5) is 0 Å². The highest BCUT2D eigenvalue weighted by molar-refractivity contribution is 5.81. The van der Waals surface area contributed by atoms with Crippen molar-refractivity contribution >= 4 is 11.8 Å². The van der Waals surface area contributed by atoms with Crippen LogP contribution in [0.1, 0.15) is 19.3 Å². The zero-order valence-electron chi connectivity index (χ0n) is 9.11. The van der Waals surface area contributed by atoms with Crippen molar-refractivity contribution < 1.29 is 9.59 Å². The van der Waals surface area contributed by atoms with E-state index < -0.39 is 0 Å². The molecule has 16 heavy (non-hydrogen) atoms. The van der Waals surface area contributed by atoms with E-state index in [1.807, 2.05) is 12.2 Å². The Morgan fingerprint density at radius 1 is 1.56 bits per heavy atom. The van der Waals surface area contributed by atoms with E-state index in [1.165, 1.54) is 0 Å². The summed E-state index contributed by atoms with van der Waals surface area (Å²) in [7, 11) is 0. The van der Waals surface area contributed by atoms with Gasteiger partial charge in [-0.05, 0) is 12.8 Å². The van der Waals surface area contributed by atoms with Crippen LogP contribution < -0.4 is 16.4 Å². The number of rotatable bonds is 3. The molecule has 0 spiro atoms. The Morgan fingerprint density at radius 2 is 2.38 bits per heavy atom. The van der Waals surface area contributed by atoms with Gasteiger partial charge in [0, 0.05) is 25.0 Å². The molecule has 2 amide bonds. The normalized spacial score (nSPS) is 32.8. The van der Waals surface area contributed by atoms with Crippen LogP contribution in [0.5, 0.6) is 0 Å². The third-order valence-corrected chi connectivity index (χ3v) is 3.06. The lowest BCUT2D eigenvalue weighted by atomic mass is 10.1.